The standard InChI is InChI=1S/C12H18O/c1-3-8(2)12(13)11-7-9-4-5-10(11)6-9/h4-5,8-11H,3,6-7H2,1-2H3. The first kappa shape index (κ1) is 8.98. The van der Waals surface area contributed by atoms with Gasteiger partial charge in [-0.2, -0.15) is 0 Å². The first-order valence-corrected chi connectivity index (χ1v) is 5.44. The first-order valence-electron chi connectivity index (χ1n) is 5.44. The van der Waals surface area contributed by atoms with Crippen molar-refractivity contribution in [3.8, 4) is 0 Å². The van der Waals surface area contributed by atoms with Crippen LogP contribution in [0.3, 0.4) is 0 Å². The van der Waals surface area contributed by atoms with Gasteiger partial charge in [-0.05, 0) is 31.1 Å². The van der Waals surface area contributed by atoms with Gasteiger partial charge in [0.2, 0.25) is 0 Å². The highest BCUT2D eigenvalue weighted by Crippen LogP contribution is 2.44. The van der Waals surface area contributed by atoms with E-state index in [0.29, 0.717) is 17.6 Å². The minimum Gasteiger partial charge on any atom is -0.299 e. The average Bonchev–Trinajstić information content (AvgIpc) is 2.76. The maximum atomic E-state index is 11.9. The van der Waals surface area contributed by atoms with Crippen molar-refractivity contribution in [2.24, 2.45) is 23.7 Å². The number of carbonyl (C=O) groups is 1. The Hall–Kier alpha value is -0.590. The van der Waals surface area contributed by atoms with Crippen LogP contribution in [0, 0.1) is 23.7 Å². The minimum absolute atomic E-state index is 0.276. The smallest absolute Gasteiger partial charge is 0.139 e. The van der Waals surface area contributed by atoms with Crippen molar-refractivity contribution >= 4 is 5.78 Å². The van der Waals surface area contributed by atoms with Crippen molar-refractivity contribution < 1.29 is 4.79 Å². The fourth-order valence-electron chi connectivity index (χ4n) is 2.67. The predicted octanol–water partition coefficient (Wildman–Crippen LogP) is 2.81. The van der Waals surface area contributed by atoms with Crippen LogP contribution < -0.4 is 0 Å². The first-order chi connectivity index (χ1) is 6.22. The SMILES string of the molecule is CCC(C)C(=O)C1CC2C=CC1C2. The van der Waals surface area contributed by atoms with Crippen molar-refractivity contribution in [3.05, 3.63) is 12.2 Å². The molecule has 4 unspecified atom stereocenters. The normalized spacial score (nSPS) is 38.2. The van der Waals surface area contributed by atoms with Crippen LogP contribution in [0.5, 0.6) is 0 Å². The molecular weight excluding hydrogens is 160 g/mol. The molecule has 2 bridgehead atoms. The topological polar surface area (TPSA) is 17.1 Å². The Morgan fingerprint density at radius 3 is 2.69 bits per heavy atom. The predicted molar refractivity (Wildman–Crippen MR) is 53.3 cm³/mol. The van der Waals surface area contributed by atoms with Gasteiger partial charge in [-0.1, -0.05) is 26.0 Å². The van der Waals surface area contributed by atoms with E-state index in [1.807, 2.05) is 0 Å². The molecule has 2 aliphatic carbocycles. The number of Topliss-reactive ketones (excluding diaryl/α,β-unsaturated/α-hetero) is 1. The van der Waals surface area contributed by atoms with Gasteiger partial charge < -0.3 is 0 Å². The summed E-state index contributed by atoms with van der Waals surface area (Å²) in [7, 11) is 0. The number of rotatable bonds is 3. The highest BCUT2D eigenvalue weighted by molar-refractivity contribution is 5.84. The Bertz CT molecular complexity index is 242. The summed E-state index contributed by atoms with van der Waals surface area (Å²) >= 11 is 0. The molecule has 4 atom stereocenters. The zero-order chi connectivity index (χ0) is 9.42. The van der Waals surface area contributed by atoms with E-state index in [9.17, 15) is 4.79 Å². The van der Waals surface area contributed by atoms with E-state index in [4.69, 9.17) is 0 Å². The second kappa shape index (κ2) is 3.28. The van der Waals surface area contributed by atoms with E-state index >= 15 is 0 Å². The summed E-state index contributed by atoms with van der Waals surface area (Å²) in [6.45, 7) is 4.17. The lowest BCUT2D eigenvalue weighted by Gasteiger charge is -2.19. The van der Waals surface area contributed by atoms with Crippen LogP contribution in [0.15, 0.2) is 12.2 Å². The third-order valence-electron chi connectivity index (χ3n) is 3.74. The monoisotopic (exact) mass is 178 g/mol. The fraction of sp³-hybridized carbons (Fsp3) is 0.750. The lowest BCUT2D eigenvalue weighted by molar-refractivity contribution is -0.127. The van der Waals surface area contributed by atoms with E-state index in [2.05, 4.69) is 26.0 Å². The summed E-state index contributed by atoms with van der Waals surface area (Å²) in [4.78, 5) is 11.9. The molecule has 13 heavy (non-hydrogen) atoms. The van der Waals surface area contributed by atoms with E-state index in [1.165, 1.54) is 6.42 Å². The van der Waals surface area contributed by atoms with Crippen LogP contribution in [0.4, 0.5) is 0 Å². The van der Waals surface area contributed by atoms with Gasteiger partial charge in [-0.15, -0.1) is 0 Å². The molecule has 1 fully saturated rings. The molecule has 2 rings (SSSR count). The van der Waals surface area contributed by atoms with Crippen molar-refractivity contribution in [3.63, 3.8) is 0 Å². The zero-order valence-corrected chi connectivity index (χ0v) is 8.49. The van der Waals surface area contributed by atoms with Crippen molar-refractivity contribution in [2.45, 2.75) is 33.1 Å². The van der Waals surface area contributed by atoms with Gasteiger partial charge >= 0.3 is 0 Å². The van der Waals surface area contributed by atoms with Crippen LogP contribution in [0.2, 0.25) is 0 Å². The number of hydrogen-bond donors (Lipinski definition) is 0. The molecule has 0 radical (unpaired) electrons. The van der Waals surface area contributed by atoms with Crippen LogP contribution in [-0.2, 0) is 4.79 Å². The molecule has 0 saturated heterocycles. The Kier molecular flexibility index (Phi) is 2.27. The number of hydrogen-bond acceptors (Lipinski definition) is 1. The van der Waals surface area contributed by atoms with Gasteiger partial charge in [-0.3, -0.25) is 4.79 Å². The zero-order valence-electron chi connectivity index (χ0n) is 8.49. The summed E-state index contributed by atoms with van der Waals surface area (Å²) in [6, 6.07) is 0. The summed E-state index contributed by atoms with van der Waals surface area (Å²) < 4.78 is 0. The maximum Gasteiger partial charge on any atom is 0.139 e. The highest BCUT2D eigenvalue weighted by Gasteiger charge is 2.40. The van der Waals surface area contributed by atoms with Crippen molar-refractivity contribution in [1.29, 1.82) is 0 Å². The van der Waals surface area contributed by atoms with Gasteiger partial charge in [0.05, 0.1) is 0 Å². The molecule has 0 aromatic carbocycles. The van der Waals surface area contributed by atoms with Crippen molar-refractivity contribution in [1.82, 2.24) is 0 Å². The largest absolute Gasteiger partial charge is 0.299 e. The molecule has 0 N–H and O–H groups in total. The highest BCUT2D eigenvalue weighted by atomic mass is 16.1. The van der Waals surface area contributed by atoms with Gasteiger partial charge in [0.15, 0.2) is 0 Å². The molecule has 0 aromatic rings. The van der Waals surface area contributed by atoms with Crippen LogP contribution in [-0.4, -0.2) is 5.78 Å². The lowest BCUT2D eigenvalue weighted by atomic mass is 9.83. The Labute approximate surface area is 80.2 Å². The molecule has 0 spiro atoms. The van der Waals surface area contributed by atoms with Gasteiger partial charge in [-0.25, -0.2) is 0 Å². The second-order valence-corrected chi connectivity index (χ2v) is 4.60. The summed E-state index contributed by atoms with van der Waals surface area (Å²) in [5.41, 5.74) is 0. The van der Waals surface area contributed by atoms with Gasteiger partial charge in [0.25, 0.3) is 0 Å². The molecule has 72 valence electrons. The minimum atomic E-state index is 0.276. The van der Waals surface area contributed by atoms with Crippen molar-refractivity contribution in [2.75, 3.05) is 0 Å². The molecule has 0 heterocycles. The summed E-state index contributed by atoms with van der Waals surface area (Å²) in [5, 5.41) is 0. The summed E-state index contributed by atoms with van der Waals surface area (Å²) in [6.07, 6.45) is 7.93. The number of fused-ring (bicyclic) bond motifs is 2. The Morgan fingerprint density at radius 1 is 1.46 bits per heavy atom. The van der Waals surface area contributed by atoms with Crippen LogP contribution in [0.25, 0.3) is 0 Å². The van der Waals surface area contributed by atoms with Gasteiger partial charge in [0.1, 0.15) is 5.78 Å². The van der Waals surface area contributed by atoms with Crippen LogP contribution in [0.1, 0.15) is 33.1 Å². The third-order valence-corrected chi connectivity index (χ3v) is 3.74. The van der Waals surface area contributed by atoms with E-state index < -0.39 is 0 Å². The maximum absolute atomic E-state index is 11.9. The second-order valence-electron chi connectivity index (χ2n) is 4.60. The molecule has 1 nitrogen and oxygen atoms in total. The number of ketones is 1. The Morgan fingerprint density at radius 2 is 2.23 bits per heavy atom. The fourth-order valence-corrected chi connectivity index (χ4v) is 2.67. The molecule has 0 aromatic heterocycles. The van der Waals surface area contributed by atoms with E-state index in [0.717, 1.165) is 18.8 Å². The quantitative estimate of drug-likeness (QED) is 0.607. The van der Waals surface area contributed by atoms with Gasteiger partial charge in [0, 0.05) is 11.8 Å². The average molecular weight is 178 g/mol. The molecule has 1 saturated carbocycles. The third kappa shape index (κ3) is 1.45. The molecule has 0 aliphatic heterocycles. The van der Waals surface area contributed by atoms with E-state index in [-0.39, 0.29) is 5.92 Å². The Balaban J connectivity index is 2.03. The summed E-state index contributed by atoms with van der Waals surface area (Å²) in [5.74, 6) is 2.47. The van der Waals surface area contributed by atoms with E-state index in [1.54, 1.807) is 0 Å². The molecule has 1 heteroatoms. The lowest BCUT2D eigenvalue weighted by Crippen LogP contribution is -2.24. The number of allylic oxidation sites excluding steroid dienone is 2. The molecule has 0 amide bonds. The molecular formula is C12H18O. The van der Waals surface area contributed by atoms with Crippen LogP contribution >= 0.6 is 0 Å². The number of carbonyl (C=O) groups excluding carboxylic acids is 1. The molecule has 2 aliphatic rings.